The molecule has 0 radical (unpaired) electrons. The molecule has 0 aliphatic heterocycles. The first-order chi connectivity index (χ1) is 41.5. The number of ether oxygens (including phenoxy) is 9. The molecule has 3 aromatic carbocycles. The van der Waals surface area contributed by atoms with Gasteiger partial charge in [-0.3, -0.25) is 0 Å². The number of hydrogen-bond donors (Lipinski definition) is 3. The second-order valence-corrected chi connectivity index (χ2v) is 21.9. The summed E-state index contributed by atoms with van der Waals surface area (Å²) in [6.07, 6.45) is 37.9. The third-order valence-corrected chi connectivity index (χ3v) is 14.6. The minimum atomic E-state index is 0.295. The quantitative estimate of drug-likeness (QED) is 0.0358. The molecule has 0 saturated carbocycles. The summed E-state index contributed by atoms with van der Waals surface area (Å²) < 4.78 is 54.9. The predicted octanol–water partition coefficient (Wildman–Crippen LogP) is 19.2. The Kier molecular flexibility index (Phi) is 41.5. The molecule has 0 unspecified atom stereocenters. The van der Waals surface area contributed by atoms with Gasteiger partial charge in [0.1, 0.15) is 19.8 Å². The molecule has 1 heterocycles. The highest BCUT2D eigenvalue weighted by molar-refractivity contribution is 5.66. The summed E-state index contributed by atoms with van der Waals surface area (Å²) in [6, 6.07) is 17.4. The van der Waals surface area contributed by atoms with Crippen LogP contribution in [0, 0.1) is 0 Å². The van der Waals surface area contributed by atoms with Crippen LogP contribution in [0.15, 0.2) is 54.6 Å². The molecule has 0 aliphatic carbocycles. The molecule has 474 valence electrons. The molecule has 0 fully saturated rings. The number of nitrogens with one attached hydrogen (secondary N) is 3. The van der Waals surface area contributed by atoms with Crippen molar-refractivity contribution >= 4 is 34.9 Å². The maximum absolute atomic E-state index is 6.36. The van der Waals surface area contributed by atoms with E-state index in [4.69, 9.17) is 57.6 Å². The van der Waals surface area contributed by atoms with E-state index in [1.807, 2.05) is 75.4 Å². The summed E-state index contributed by atoms with van der Waals surface area (Å²) in [4.78, 5) is 14.7. The summed E-state index contributed by atoms with van der Waals surface area (Å²) in [5.41, 5.74) is 2.12. The van der Waals surface area contributed by atoms with Crippen molar-refractivity contribution in [2.45, 2.75) is 234 Å². The average Bonchev–Trinajstić information content (AvgIpc) is 3.71. The number of aromatic nitrogens is 3. The van der Waals surface area contributed by atoms with Crippen molar-refractivity contribution in [3.8, 4) is 34.5 Å². The van der Waals surface area contributed by atoms with E-state index < -0.39 is 0 Å². The van der Waals surface area contributed by atoms with E-state index in [0.717, 1.165) is 38.5 Å². The van der Waals surface area contributed by atoms with Crippen LogP contribution in [0.4, 0.5) is 34.9 Å². The SMILES string of the molecule is CCCCCCCCCCCCOc1ccc(Nc2nc(Nc3ccc(OCCCCCCCCCCCC)c(OCCOCC)c3)nc(Nc3ccc(OCCCCCCCCCCCC)c(OCCOCC)c3)n2)cc1OCCOCC. The Hall–Kier alpha value is -5.25. The van der Waals surface area contributed by atoms with E-state index in [9.17, 15) is 0 Å². The minimum Gasteiger partial charge on any atom is -0.490 e. The van der Waals surface area contributed by atoms with Gasteiger partial charge in [-0.25, -0.2) is 0 Å². The smallest absolute Gasteiger partial charge is 0.233 e. The number of anilines is 6. The molecule has 15 heteroatoms. The second kappa shape index (κ2) is 48.9. The Labute approximate surface area is 508 Å². The molecule has 0 atom stereocenters. The molecule has 3 N–H and O–H groups in total. The summed E-state index contributed by atoms with van der Waals surface area (Å²) in [6.45, 7) is 18.9. The zero-order chi connectivity index (χ0) is 59.6. The molecule has 4 rings (SSSR count). The first-order valence-corrected chi connectivity index (χ1v) is 33.5. The normalized spacial score (nSPS) is 11.2. The lowest BCUT2D eigenvalue weighted by molar-refractivity contribution is 0.108. The Morgan fingerprint density at radius 3 is 0.714 bits per heavy atom. The summed E-state index contributed by atoms with van der Waals surface area (Å²) in [5.74, 6) is 4.75. The Morgan fingerprint density at radius 2 is 0.476 bits per heavy atom. The van der Waals surface area contributed by atoms with Gasteiger partial charge in [-0.2, -0.15) is 15.0 Å². The van der Waals surface area contributed by atoms with Crippen molar-refractivity contribution in [3.05, 3.63) is 54.6 Å². The fraction of sp³-hybridized carbons (Fsp3) is 0.696. The van der Waals surface area contributed by atoms with E-state index in [2.05, 4.69) is 36.7 Å². The van der Waals surface area contributed by atoms with Crippen LogP contribution in [-0.2, 0) is 14.2 Å². The van der Waals surface area contributed by atoms with Gasteiger partial charge in [0.15, 0.2) is 34.5 Å². The van der Waals surface area contributed by atoms with Gasteiger partial charge in [0.25, 0.3) is 0 Å². The average molecular weight is 1170 g/mol. The zero-order valence-corrected chi connectivity index (χ0v) is 53.4. The van der Waals surface area contributed by atoms with Crippen molar-refractivity contribution < 1.29 is 42.6 Å². The van der Waals surface area contributed by atoms with Gasteiger partial charge in [-0.15, -0.1) is 0 Å². The Balaban J connectivity index is 1.56. The molecule has 0 spiro atoms. The number of rotatable bonds is 57. The molecule has 4 aromatic rings. The Bertz CT molecular complexity index is 1970. The minimum absolute atomic E-state index is 0.295. The van der Waals surface area contributed by atoms with Gasteiger partial charge in [0.2, 0.25) is 17.8 Å². The third kappa shape index (κ3) is 33.4. The fourth-order valence-corrected chi connectivity index (χ4v) is 9.76. The molecule has 0 amide bonds. The van der Waals surface area contributed by atoms with E-state index in [1.54, 1.807) is 0 Å². The molecule has 0 saturated heterocycles. The van der Waals surface area contributed by atoms with Gasteiger partial charge >= 0.3 is 0 Å². The maximum Gasteiger partial charge on any atom is 0.233 e. The van der Waals surface area contributed by atoms with E-state index in [0.29, 0.717) is 149 Å². The maximum atomic E-state index is 6.36. The van der Waals surface area contributed by atoms with Crippen LogP contribution in [-0.4, -0.2) is 94.2 Å². The van der Waals surface area contributed by atoms with Crippen molar-refractivity contribution in [2.24, 2.45) is 0 Å². The van der Waals surface area contributed by atoms with Crippen LogP contribution in [0.2, 0.25) is 0 Å². The van der Waals surface area contributed by atoms with Crippen molar-refractivity contribution in [3.63, 3.8) is 0 Å². The zero-order valence-electron chi connectivity index (χ0n) is 53.4. The van der Waals surface area contributed by atoms with E-state index in [1.165, 1.54) is 154 Å². The monoisotopic (exact) mass is 1170 g/mol. The lowest BCUT2D eigenvalue weighted by Gasteiger charge is -2.17. The van der Waals surface area contributed by atoms with Crippen LogP contribution >= 0.6 is 0 Å². The van der Waals surface area contributed by atoms with Crippen molar-refractivity contribution in [1.82, 2.24) is 15.0 Å². The first kappa shape index (κ1) is 71.2. The summed E-state index contributed by atoms with van der Waals surface area (Å²) >= 11 is 0. The number of unbranched alkanes of at least 4 members (excludes halogenated alkanes) is 27. The molecular weight excluding hydrogens is 1060 g/mol. The molecule has 15 nitrogen and oxygen atoms in total. The van der Waals surface area contributed by atoms with Crippen LogP contribution in [0.25, 0.3) is 0 Å². The predicted molar refractivity (Wildman–Crippen MR) is 347 cm³/mol. The molecule has 84 heavy (non-hydrogen) atoms. The summed E-state index contributed by atoms with van der Waals surface area (Å²) in [7, 11) is 0. The molecule has 0 aliphatic rings. The lowest BCUT2D eigenvalue weighted by Crippen LogP contribution is -2.10. The van der Waals surface area contributed by atoms with Gasteiger partial charge in [0, 0.05) is 55.1 Å². The van der Waals surface area contributed by atoms with Crippen molar-refractivity contribution in [1.29, 1.82) is 0 Å². The molecule has 0 bridgehead atoms. The largest absolute Gasteiger partial charge is 0.490 e. The standard InChI is InChI=1S/C69H114N6O9/c1-7-13-16-19-22-25-28-31-34-37-46-79-61-43-40-58(55-64(61)82-52-49-76-10-4)70-67-73-68(71-59-41-44-62(65(56-59)83-53-50-77-11-5)80-47-38-35-32-29-26-23-20-17-14-8-2)75-69(74-67)72-60-42-45-63(66(57-60)84-54-51-78-12-6)81-48-39-36-33-30-27-24-21-18-15-9-3/h40-45,55-57H,7-39,46-54H2,1-6H3,(H3,70,71,72,73,74,75). The first-order valence-electron chi connectivity index (χ1n) is 33.5. The van der Waals surface area contributed by atoms with Gasteiger partial charge in [-0.05, 0) is 76.4 Å². The number of nitrogens with zero attached hydrogens (tertiary/aromatic N) is 3. The highest BCUT2D eigenvalue weighted by atomic mass is 16.6. The highest BCUT2D eigenvalue weighted by Gasteiger charge is 2.16. The number of benzene rings is 3. The third-order valence-electron chi connectivity index (χ3n) is 14.6. The summed E-state index contributed by atoms with van der Waals surface area (Å²) in [5, 5.41) is 10.3. The number of hydrogen-bond acceptors (Lipinski definition) is 15. The molecular formula is C69H114N6O9. The fourth-order valence-electron chi connectivity index (χ4n) is 9.76. The van der Waals surface area contributed by atoms with Gasteiger partial charge in [0.05, 0.1) is 39.6 Å². The van der Waals surface area contributed by atoms with E-state index >= 15 is 0 Å². The van der Waals surface area contributed by atoms with Crippen LogP contribution < -0.4 is 44.4 Å². The van der Waals surface area contributed by atoms with Crippen molar-refractivity contribution in [2.75, 3.05) is 95.2 Å². The second-order valence-electron chi connectivity index (χ2n) is 21.9. The van der Waals surface area contributed by atoms with Crippen LogP contribution in [0.5, 0.6) is 34.5 Å². The van der Waals surface area contributed by atoms with Gasteiger partial charge in [-0.1, -0.05) is 194 Å². The molecule has 1 aromatic heterocycles. The van der Waals surface area contributed by atoms with Crippen LogP contribution in [0.1, 0.15) is 234 Å². The van der Waals surface area contributed by atoms with Gasteiger partial charge < -0.3 is 58.6 Å². The highest BCUT2D eigenvalue weighted by Crippen LogP contribution is 2.36. The Morgan fingerprint density at radius 1 is 0.250 bits per heavy atom. The lowest BCUT2D eigenvalue weighted by atomic mass is 10.1. The van der Waals surface area contributed by atoms with E-state index in [-0.39, 0.29) is 0 Å². The topological polar surface area (TPSA) is 158 Å². The van der Waals surface area contributed by atoms with Crippen LogP contribution in [0.3, 0.4) is 0 Å².